The Balaban J connectivity index is 1.28. The smallest absolute Gasteiger partial charge is 0.317 e. The average molecular weight is 369 g/mol. The number of carbonyl (C=O) groups is 2. The van der Waals surface area contributed by atoms with Gasteiger partial charge in [-0.25, -0.2) is 4.79 Å². The molecule has 2 heterocycles. The molecule has 0 radical (unpaired) electrons. The van der Waals surface area contributed by atoms with E-state index in [0.29, 0.717) is 26.2 Å². The first-order valence-electron chi connectivity index (χ1n) is 9.16. The van der Waals surface area contributed by atoms with Crippen LogP contribution >= 0.6 is 11.3 Å². The van der Waals surface area contributed by atoms with Gasteiger partial charge in [-0.1, -0.05) is 30.3 Å². The molecule has 1 atom stereocenters. The summed E-state index contributed by atoms with van der Waals surface area (Å²) in [6, 6.07) is 12.4. The third-order valence-electron chi connectivity index (χ3n) is 5.26. The largest absolute Gasteiger partial charge is 0.335 e. The van der Waals surface area contributed by atoms with Crippen LogP contribution in [0.4, 0.5) is 4.79 Å². The van der Waals surface area contributed by atoms with Crippen molar-refractivity contribution in [3.63, 3.8) is 0 Å². The molecular weight excluding hydrogens is 346 g/mol. The Morgan fingerprint density at radius 3 is 2.42 bits per heavy atom. The molecule has 2 aliphatic rings. The molecule has 4 rings (SSSR count). The van der Waals surface area contributed by atoms with Crippen molar-refractivity contribution >= 4 is 23.3 Å². The Morgan fingerprint density at radius 2 is 1.69 bits per heavy atom. The minimum Gasteiger partial charge on any atom is -0.335 e. The van der Waals surface area contributed by atoms with Crippen molar-refractivity contribution in [1.29, 1.82) is 0 Å². The molecule has 1 aromatic carbocycles. The fourth-order valence-electron chi connectivity index (χ4n) is 3.76. The summed E-state index contributed by atoms with van der Waals surface area (Å²) in [5, 5.41) is 5.10. The van der Waals surface area contributed by atoms with Crippen LogP contribution in [-0.2, 0) is 12.8 Å². The van der Waals surface area contributed by atoms with Gasteiger partial charge >= 0.3 is 6.03 Å². The van der Waals surface area contributed by atoms with Gasteiger partial charge < -0.3 is 15.1 Å². The lowest BCUT2D eigenvalue weighted by atomic mass is 9.88. The maximum Gasteiger partial charge on any atom is 0.317 e. The van der Waals surface area contributed by atoms with E-state index in [1.165, 1.54) is 22.5 Å². The van der Waals surface area contributed by atoms with Crippen LogP contribution in [0, 0.1) is 0 Å². The Labute approximate surface area is 157 Å². The van der Waals surface area contributed by atoms with Crippen molar-refractivity contribution in [1.82, 2.24) is 15.1 Å². The predicted molar refractivity (Wildman–Crippen MR) is 103 cm³/mol. The van der Waals surface area contributed by atoms with Crippen molar-refractivity contribution in [2.24, 2.45) is 0 Å². The van der Waals surface area contributed by atoms with E-state index in [9.17, 15) is 9.59 Å². The number of aryl methyl sites for hydroxylation is 1. The molecule has 1 N–H and O–H groups in total. The van der Waals surface area contributed by atoms with E-state index in [0.717, 1.165) is 24.1 Å². The highest BCUT2D eigenvalue weighted by Gasteiger charge is 2.27. The summed E-state index contributed by atoms with van der Waals surface area (Å²) >= 11 is 1.47. The number of hydrogen-bond acceptors (Lipinski definition) is 3. The number of piperazine rings is 1. The monoisotopic (exact) mass is 369 g/mol. The standard InChI is InChI=1S/C20H23N3O2S/c24-19(18-6-3-13-26-18)22-9-11-23(12-10-22)20(25)21-17-8-7-15-4-1-2-5-16(15)14-17/h1-6,13,17H,7-12,14H2,(H,21,25)/t17-/m0/s1. The highest BCUT2D eigenvalue weighted by Crippen LogP contribution is 2.21. The SMILES string of the molecule is O=C(N[C@H]1CCc2ccccc2C1)N1CCN(C(=O)c2cccs2)CC1. The number of thiophene rings is 1. The Kier molecular flexibility index (Phi) is 4.93. The third-order valence-corrected chi connectivity index (χ3v) is 6.12. The van der Waals surface area contributed by atoms with Crippen molar-refractivity contribution in [2.75, 3.05) is 26.2 Å². The molecule has 3 amide bonds. The lowest BCUT2D eigenvalue weighted by Crippen LogP contribution is -2.55. The minimum absolute atomic E-state index is 0.00222. The summed E-state index contributed by atoms with van der Waals surface area (Å²) in [6.45, 7) is 2.37. The first-order valence-corrected chi connectivity index (χ1v) is 10.0. The van der Waals surface area contributed by atoms with Crippen LogP contribution in [0.25, 0.3) is 0 Å². The van der Waals surface area contributed by atoms with Gasteiger partial charge in [0.2, 0.25) is 0 Å². The fourth-order valence-corrected chi connectivity index (χ4v) is 4.45. The Morgan fingerprint density at radius 1 is 0.962 bits per heavy atom. The van der Waals surface area contributed by atoms with Crippen LogP contribution < -0.4 is 5.32 Å². The number of benzene rings is 1. The zero-order valence-corrected chi connectivity index (χ0v) is 15.5. The average Bonchev–Trinajstić information content (AvgIpc) is 3.22. The van der Waals surface area contributed by atoms with Gasteiger partial charge in [-0.2, -0.15) is 0 Å². The van der Waals surface area contributed by atoms with Crippen LogP contribution in [0.2, 0.25) is 0 Å². The van der Waals surface area contributed by atoms with Gasteiger partial charge in [0, 0.05) is 32.2 Å². The molecular formula is C20H23N3O2S. The zero-order chi connectivity index (χ0) is 17.9. The van der Waals surface area contributed by atoms with Crippen molar-refractivity contribution < 1.29 is 9.59 Å². The molecule has 1 aliphatic heterocycles. The van der Waals surface area contributed by atoms with Crippen molar-refractivity contribution in [3.05, 3.63) is 57.8 Å². The summed E-state index contributed by atoms with van der Waals surface area (Å²) < 4.78 is 0. The second-order valence-electron chi connectivity index (χ2n) is 6.91. The molecule has 1 fully saturated rings. The maximum absolute atomic E-state index is 12.6. The number of nitrogens with one attached hydrogen (secondary N) is 1. The highest BCUT2D eigenvalue weighted by atomic mass is 32.1. The fraction of sp³-hybridized carbons (Fsp3) is 0.400. The molecule has 1 aliphatic carbocycles. The maximum atomic E-state index is 12.6. The highest BCUT2D eigenvalue weighted by molar-refractivity contribution is 7.12. The lowest BCUT2D eigenvalue weighted by molar-refractivity contribution is 0.0668. The van der Waals surface area contributed by atoms with Gasteiger partial charge in [0.15, 0.2) is 0 Å². The van der Waals surface area contributed by atoms with Gasteiger partial charge in [-0.05, 0) is 41.8 Å². The molecule has 0 saturated carbocycles. The number of amides is 3. The van der Waals surface area contributed by atoms with Gasteiger partial charge in [-0.3, -0.25) is 4.79 Å². The predicted octanol–water partition coefficient (Wildman–Crippen LogP) is 2.77. The third kappa shape index (κ3) is 3.60. The van der Waals surface area contributed by atoms with Gasteiger partial charge in [0.25, 0.3) is 5.91 Å². The van der Waals surface area contributed by atoms with E-state index in [4.69, 9.17) is 0 Å². The first kappa shape index (κ1) is 17.1. The van der Waals surface area contributed by atoms with E-state index in [1.54, 1.807) is 0 Å². The van der Waals surface area contributed by atoms with E-state index < -0.39 is 0 Å². The number of rotatable bonds is 2. The van der Waals surface area contributed by atoms with Gasteiger partial charge in [0.05, 0.1) is 4.88 Å². The van der Waals surface area contributed by atoms with Crippen LogP contribution in [0.1, 0.15) is 27.2 Å². The molecule has 26 heavy (non-hydrogen) atoms. The number of carbonyl (C=O) groups excluding carboxylic acids is 2. The summed E-state index contributed by atoms with van der Waals surface area (Å²) in [7, 11) is 0. The van der Waals surface area contributed by atoms with Crippen LogP contribution in [-0.4, -0.2) is 54.0 Å². The number of urea groups is 1. The summed E-state index contributed by atoms with van der Waals surface area (Å²) in [5.74, 6) is 0.0731. The van der Waals surface area contributed by atoms with Crippen molar-refractivity contribution in [3.8, 4) is 0 Å². The van der Waals surface area contributed by atoms with Crippen LogP contribution in [0.15, 0.2) is 41.8 Å². The zero-order valence-electron chi connectivity index (χ0n) is 14.7. The second kappa shape index (κ2) is 7.50. The molecule has 1 saturated heterocycles. The van der Waals surface area contributed by atoms with E-state index in [1.807, 2.05) is 27.3 Å². The molecule has 6 heteroatoms. The number of hydrogen-bond donors (Lipinski definition) is 1. The van der Waals surface area contributed by atoms with Crippen LogP contribution in [0.5, 0.6) is 0 Å². The van der Waals surface area contributed by atoms with E-state index in [-0.39, 0.29) is 18.0 Å². The number of nitrogens with zero attached hydrogens (tertiary/aromatic N) is 2. The quantitative estimate of drug-likeness (QED) is 0.885. The van der Waals surface area contributed by atoms with Gasteiger partial charge in [-0.15, -0.1) is 11.3 Å². The first-order chi connectivity index (χ1) is 12.7. The van der Waals surface area contributed by atoms with Gasteiger partial charge in [0.1, 0.15) is 0 Å². The summed E-state index contributed by atoms with van der Waals surface area (Å²) in [5.41, 5.74) is 2.74. The second-order valence-corrected chi connectivity index (χ2v) is 7.86. The number of fused-ring (bicyclic) bond motifs is 1. The lowest BCUT2D eigenvalue weighted by Gasteiger charge is -2.36. The summed E-state index contributed by atoms with van der Waals surface area (Å²) in [6.07, 6.45) is 2.91. The normalized spacial score (nSPS) is 19.8. The summed E-state index contributed by atoms with van der Waals surface area (Å²) in [4.78, 5) is 29.4. The Hall–Kier alpha value is -2.34. The molecule has 1 aromatic heterocycles. The molecule has 136 valence electrons. The topological polar surface area (TPSA) is 52.7 Å². The molecule has 0 bridgehead atoms. The molecule has 0 spiro atoms. The minimum atomic E-state index is -0.00222. The Bertz CT molecular complexity index is 782. The van der Waals surface area contributed by atoms with E-state index in [2.05, 4.69) is 29.6 Å². The molecule has 5 nitrogen and oxygen atoms in total. The van der Waals surface area contributed by atoms with Crippen LogP contribution in [0.3, 0.4) is 0 Å². The molecule has 0 unspecified atom stereocenters. The molecule has 2 aromatic rings. The van der Waals surface area contributed by atoms with E-state index >= 15 is 0 Å². The van der Waals surface area contributed by atoms with Crippen molar-refractivity contribution in [2.45, 2.75) is 25.3 Å².